The van der Waals surface area contributed by atoms with Gasteiger partial charge in [0, 0.05) is 22.9 Å². The fraction of sp³-hybridized carbons (Fsp3) is 0.158. The molecule has 3 aromatic rings. The molecule has 4 nitrogen and oxygen atoms in total. The van der Waals surface area contributed by atoms with Crippen LogP contribution in [0.2, 0.25) is 5.02 Å². The number of anilines is 1. The monoisotopic (exact) mass is 337 g/mol. The van der Waals surface area contributed by atoms with Crippen LogP contribution in [-0.4, -0.2) is 15.7 Å². The molecule has 0 unspecified atom stereocenters. The van der Waals surface area contributed by atoms with E-state index in [4.69, 9.17) is 11.6 Å². The van der Waals surface area contributed by atoms with E-state index < -0.39 is 0 Å². The summed E-state index contributed by atoms with van der Waals surface area (Å²) in [6, 6.07) is 15.7. The van der Waals surface area contributed by atoms with Crippen molar-refractivity contribution in [2.45, 2.75) is 19.3 Å². The summed E-state index contributed by atoms with van der Waals surface area (Å²) in [5.74, 6) is 0.733. The minimum absolute atomic E-state index is 0.00342. The fourth-order valence-corrected chi connectivity index (χ4v) is 3.22. The quantitative estimate of drug-likeness (QED) is 0.757. The lowest BCUT2D eigenvalue weighted by Crippen LogP contribution is -2.24. The standard InChI is InChI=1S/C19H16ClN3O/c1-12-2-8-15(9-3-12)23-19-17(11-21-23)16(10-18(24)22-19)13-4-6-14(20)7-5-13/h2-9,11,16H,10H2,1H3,(H,22,24)/t16-/m1/s1. The first-order valence-corrected chi connectivity index (χ1v) is 8.20. The zero-order valence-corrected chi connectivity index (χ0v) is 13.9. The van der Waals surface area contributed by atoms with Crippen LogP contribution < -0.4 is 5.32 Å². The van der Waals surface area contributed by atoms with Crippen LogP contribution in [0.15, 0.2) is 54.7 Å². The molecule has 0 fully saturated rings. The lowest BCUT2D eigenvalue weighted by Gasteiger charge is -2.23. The van der Waals surface area contributed by atoms with E-state index in [1.807, 2.05) is 61.7 Å². The Morgan fingerprint density at radius 2 is 1.83 bits per heavy atom. The number of aromatic nitrogens is 2. The second kappa shape index (κ2) is 5.80. The summed E-state index contributed by atoms with van der Waals surface area (Å²) < 4.78 is 1.79. The zero-order chi connectivity index (χ0) is 16.7. The third-order valence-electron chi connectivity index (χ3n) is 4.37. The Morgan fingerprint density at radius 1 is 1.12 bits per heavy atom. The van der Waals surface area contributed by atoms with Crippen molar-refractivity contribution < 1.29 is 4.79 Å². The van der Waals surface area contributed by atoms with Crippen molar-refractivity contribution in [3.63, 3.8) is 0 Å². The van der Waals surface area contributed by atoms with Gasteiger partial charge in [-0.2, -0.15) is 5.10 Å². The van der Waals surface area contributed by atoms with Crippen molar-refractivity contribution >= 4 is 23.3 Å². The molecular formula is C19H16ClN3O. The molecule has 0 saturated heterocycles. The summed E-state index contributed by atoms with van der Waals surface area (Å²) in [4.78, 5) is 12.2. The van der Waals surface area contributed by atoms with Gasteiger partial charge in [-0.3, -0.25) is 4.79 Å². The topological polar surface area (TPSA) is 46.9 Å². The SMILES string of the molecule is Cc1ccc(-n2ncc3c2NC(=O)C[C@@H]3c2ccc(Cl)cc2)cc1. The molecule has 1 aliphatic rings. The predicted octanol–water partition coefficient (Wildman–Crippen LogP) is 4.31. The Balaban J connectivity index is 1.80. The third-order valence-corrected chi connectivity index (χ3v) is 4.62. The number of amides is 1. The van der Waals surface area contributed by atoms with Gasteiger partial charge in [0.15, 0.2) is 0 Å². The molecule has 5 heteroatoms. The van der Waals surface area contributed by atoms with Crippen molar-refractivity contribution in [1.29, 1.82) is 0 Å². The van der Waals surface area contributed by atoms with Crippen LogP contribution in [0.5, 0.6) is 0 Å². The molecule has 0 bridgehead atoms. The average Bonchev–Trinajstić information content (AvgIpc) is 2.99. The average molecular weight is 338 g/mol. The maximum atomic E-state index is 12.2. The molecule has 1 aliphatic heterocycles. The van der Waals surface area contributed by atoms with Gasteiger partial charge < -0.3 is 5.32 Å². The van der Waals surface area contributed by atoms with Gasteiger partial charge in [-0.15, -0.1) is 0 Å². The van der Waals surface area contributed by atoms with Crippen molar-refractivity contribution in [2.75, 3.05) is 5.32 Å². The number of fused-ring (bicyclic) bond motifs is 1. The van der Waals surface area contributed by atoms with Crippen LogP contribution in [0.1, 0.15) is 29.0 Å². The van der Waals surface area contributed by atoms with Crippen LogP contribution >= 0.6 is 11.6 Å². The minimum Gasteiger partial charge on any atom is -0.310 e. The van der Waals surface area contributed by atoms with Crippen LogP contribution in [-0.2, 0) is 4.79 Å². The Bertz CT molecular complexity index is 897. The lowest BCUT2D eigenvalue weighted by atomic mass is 9.87. The largest absolute Gasteiger partial charge is 0.310 e. The molecule has 0 aliphatic carbocycles. The molecule has 4 rings (SSSR count). The highest BCUT2D eigenvalue weighted by atomic mass is 35.5. The molecular weight excluding hydrogens is 322 g/mol. The van der Waals surface area contributed by atoms with E-state index >= 15 is 0 Å². The van der Waals surface area contributed by atoms with Gasteiger partial charge in [0.05, 0.1) is 11.9 Å². The zero-order valence-electron chi connectivity index (χ0n) is 13.2. The molecule has 24 heavy (non-hydrogen) atoms. The maximum Gasteiger partial charge on any atom is 0.226 e. The molecule has 0 saturated carbocycles. The number of carbonyl (C=O) groups excluding carboxylic acids is 1. The highest BCUT2D eigenvalue weighted by molar-refractivity contribution is 6.30. The second-order valence-electron chi connectivity index (χ2n) is 6.05. The van der Waals surface area contributed by atoms with Gasteiger partial charge in [-0.25, -0.2) is 4.68 Å². The van der Waals surface area contributed by atoms with Gasteiger partial charge in [0.2, 0.25) is 5.91 Å². The van der Waals surface area contributed by atoms with Crippen molar-refractivity contribution in [2.24, 2.45) is 0 Å². The summed E-state index contributed by atoms with van der Waals surface area (Å²) >= 11 is 5.98. The molecule has 120 valence electrons. The molecule has 1 N–H and O–H groups in total. The number of hydrogen-bond donors (Lipinski definition) is 1. The van der Waals surface area contributed by atoms with E-state index in [1.54, 1.807) is 4.68 Å². The number of hydrogen-bond acceptors (Lipinski definition) is 2. The smallest absolute Gasteiger partial charge is 0.226 e. The van der Waals surface area contributed by atoms with E-state index in [1.165, 1.54) is 5.56 Å². The van der Waals surface area contributed by atoms with Crippen molar-refractivity contribution in [3.05, 3.63) is 76.4 Å². The highest BCUT2D eigenvalue weighted by Crippen LogP contribution is 2.38. The fourth-order valence-electron chi connectivity index (χ4n) is 3.09. The second-order valence-corrected chi connectivity index (χ2v) is 6.49. The first-order valence-electron chi connectivity index (χ1n) is 7.82. The highest BCUT2D eigenvalue weighted by Gasteiger charge is 2.30. The number of aryl methyl sites for hydroxylation is 1. The van der Waals surface area contributed by atoms with Crippen LogP contribution in [0.25, 0.3) is 5.69 Å². The number of nitrogens with one attached hydrogen (secondary N) is 1. The van der Waals surface area contributed by atoms with E-state index in [-0.39, 0.29) is 11.8 Å². The van der Waals surface area contributed by atoms with Crippen LogP contribution in [0, 0.1) is 6.92 Å². The normalized spacial score (nSPS) is 16.6. The molecule has 1 amide bonds. The number of rotatable bonds is 2. The Hall–Kier alpha value is -2.59. The van der Waals surface area contributed by atoms with Crippen LogP contribution in [0.3, 0.4) is 0 Å². The van der Waals surface area contributed by atoms with Gasteiger partial charge in [0.25, 0.3) is 0 Å². The number of halogens is 1. The minimum atomic E-state index is -0.00906. The van der Waals surface area contributed by atoms with E-state index in [2.05, 4.69) is 10.4 Å². The Kier molecular flexibility index (Phi) is 3.62. The molecule has 2 heterocycles. The number of benzene rings is 2. The summed E-state index contributed by atoms with van der Waals surface area (Å²) in [7, 11) is 0. The number of carbonyl (C=O) groups is 1. The Morgan fingerprint density at radius 3 is 2.54 bits per heavy atom. The molecule has 0 radical (unpaired) electrons. The lowest BCUT2D eigenvalue weighted by molar-refractivity contribution is -0.116. The van der Waals surface area contributed by atoms with E-state index in [9.17, 15) is 4.79 Å². The number of nitrogens with zero attached hydrogens (tertiary/aromatic N) is 2. The van der Waals surface area contributed by atoms with Crippen molar-refractivity contribution in [1.82, 2.24) is 9.78 Å². The third kappa shape index (κ3) is 2.59. The van der Waals surface area contributed by atoms with Gasteiger partial charge in [0.1, 0.15) is 5.82 Å². The maximum absolute atomic E-state index is 12.2. The van der Waals surface area contributed by atoms with Gasteiger partial charge in [-0.1, -0.05) is 41.4 Å². The molecule has 0 spiro atoms. The molecule has 1 aromatic heterocycles. The van der Waals surface area contributed by atoms with E-state index in [0.717, 1.165) is 22.6 Å². The van der Waals surface area contributed by atoms with Gasteiger partial charge >= 0.3 is 0 Å². The first kappa shape index (κ1) is 15.0. The molecule has 2 aromatic carbocycles. The van der Waals surface area contributed by atoms with Crippen LogP contribution in [0.4, 0.5) is 5.82 Å². The van der Waals surface area contributed by atoms with E-state index in [0.29, 0.717) is 11.4 Å². The summed E-state index contributed by atoms with van der Waals surface area (Å²) in [5.41, 5.74) is 4.21. The predicted molar refractivity (Wildman–Crippen MR) is 94.8 cm³/mol. The summed E-state index contributed by atoms with van der Waals surface area (Å²) in [5, 5.41) is 8.16. The first-order chi connectivity index (χ1) is 11.6. The van der Waals surface area contributed by atoms with Crippen molar-refractivity contribution in [3.8, 4) is 5.69 Å². The summed E-state index contributed by atoms with van der Waals surface area (Å²) in [6.07, 6.45) is 2.25. The molecule has 1 atom stereocenters. The Labute approximate surface area is 145 Å². The summed E-state index contributed by atoms with van der Waals surface area (Å²) in [6.45, 7) is 2.04. The van der Waals surface area contributed by atoms with Gasteiger partial charge in [-0.05, 0) is 36.8 Å².